The highest BCUT2D eigenvalue weighted by atomic mass is 16.5. The van der Waals surface area contributed by atoms with Gasteiger partial charge in [0.15, 0.2) is 6.23 Å². The summed E-state index contributed by atoms with van der Waals surface area (Å²) in [6.07, 6.45) is 3.79. The number of benzene rings is 1. The standard InChI is InChI=1S/C27H35N5O5/c1-17-9-11-34-16-18(2)37-27-28-22(13-24(29-27)31-14-20(15-31)33-3)26-21-12-19(36-17)7-8-23(21)32(30-26)25-6-4-5-10-35-25/h7-8,12-13,17-18,20,25H,4-6,9-11,14-16H2,1-3H3/t17-,18+,25?/m0/s1. The number of rotatable bonds is 3. The van der Waals surface area contributed by atoms with Gasteiger partial charge in [-0.25, -0.2) is 4.68 Å². The Bertz CT molecular complexity index is 1240. The second kappa shape index (κ2) is 10.4. The molecule has 0 spiro atoms. The molecule has 5 heterocycles. The Hall–Kier alpha value is -2.95. The van der Waals surface area contributed by atoms with Crippen molar-refractivity contribution in [2.24, 2.45) is 0 Å². The van der Waals surface area contributed by atoms with Crippen molar-refractivity contribution in [3.8, 4) is 23.1 Å². The zero-order chi connectivity index (χ0) is 25.4. The topological polar surface area (TPSA) is 93.0 Å². The van der Waals surface area contributed by atoms with Crippen molar-refractivity contribution in [2.75, 3.05) is 44.9 Å². The van der Waals surface area contributed by atoms with Crippen LogP contribution in [0.3, 0.4) is 0 Å². The Morgan fingerprint density at radius 3 is 2.68 bits per heavy atom. The summed E-state index contributed by atoms with van der Waals surface area (Å²) in [7, 11) is 1.74. The molecule has 0 radical (unpaired) electrons. The third-order valence-electron chi connectivity index (χ3n) is 7.21. The van der Waals surface area contributed by atoms with Gasteiger partial charge in [-0.05, 0) is 51.3 Å². The van der Waals surface area contributed by atoms with E-state index in [-0.39, 0.29) is 24.5 Å². The first-order chi connectivity index (χ1) is 18.1. The van der Waals surface area contributed by atoms with Gasteiger partial charge in [0.1, 0.15) is 29.1 Å². The third-order valence-corrected chi connectivity index (χ3v) is 7.21. The molecule has 3 aromatic rings. The number of hydrogen-bond acceptors (Lipinski definition) is 9. The van der Waals surface area contributed by atoms with Crippen LogP contribution in [-0.2, 0) is 14.2 Å². The number of anilines is 1. The molecular formula is C27H35N5O5. The molecule has 1 unspecified atom stereocenters. The first kappa shape index (κ1) is 24.4. The minimum absolute atomic E-state index is 0.00608. The Kier molecular flexibility index (Phi) is 6.88. The van der Waals surface area contributed by atoms with Crippen molar-refractivity contribution < 1.29 is 23.7 Å². The molecule has 0 saturated carbocycles. The first-order valence-corrected chi connectivity index (χ1v) is 13.3. The molecule has 2 aromatic heterocycles. The highest BCUT2D eigenvalue weighted by Gasteiger charge is 2.30. The average molecular weight is 510 g/mol. The van der Waals surface area contributed by atoms with E-state index in [1.807, 2.05) is 23.7 Å². The van der Waals surface area contributed by atoms with Gasteiger partial charge in [0.25, 0.3) is 0 Å². The fraction of sp³-hybridized carbons (Fsp3) is 0.593. The van der Waals surface area contributed by atoms with Gasteiger partial charge >= 0.3 is 6.01 Å². The van der Waals surface area contributed by atoms with Gasteiger partial charge in [0.05, 0.1) is 30.9 Å². The molecule has 0 N–H and O–H groups in total. The zero-order valence-corrected chi connectivity index (χ0v) is 21.8. The minimum atomic E-state index is -0.207. The van der Waals surface area contributed by atoms with Crippen LogP contribution in [0.4, 0.5) is 5.82 Å². The fourth-order valence-corrected chi connectivity index (χ4v) is 5.05. The van der Waals surface area contributed by atoms with E-state index in [2.05, 4.69) is 24.0 Å². The summed E-state index contributed by atoms with van der Waals surface area (Å²) in [5, 5.41) is 6.04. The van der Waals surface area contributed by atoms with Crippen LogP contribution in [0, 0.1) is 0 Å². The molecule has 37 heavy (non-hydrogen) atoms. The molecule has 10 nitrogen and oxygen atoms in total. The SMILES string of the molecule is COC1CN(c2cc3nc(n2)O[C@H](C)COCC[C@H](C)Oc2ccc4c(c2)c-3nn4C2CCCCO2)C1. The third kappa shape index (κ3) is 5.10. The second-order valence-electron chi connectivity index (χ2n) is 10.2. The lowest BCUT2D eigenvalue weighted by atomic mass is 10.1. The summed E-state index contributed by atoms with van der Waals surface area (Å²) >= 11 is 0. The molecule has 2 saturated heterocycles. The molecule has 4 bridgehead atoms. The largest absolute Gasteiger partial charge is 0.491 e. The van der Waals surface area contributed by atoms with Gasteiger partial charge in [0.2, 0.25) is 0 Å². The number of aromatic nitrogens is 4. The van der Waals surface area contributed by atoms with Gasteiger partial charge in [-0.1, -0.05) is 0 Å². The number of hydrogen-bond donors (Lipinski definition) is 0. The molecule has 3 atom stereocenters. The van der Waals surface area contributed by atoms with E-state index >= 15 is 0 Å². The summed E-state index contributed by atoms with van der Waals surface area (Å²) in [6, 6.07) is 8.44. The molecule has 3 aliphatic rings. The Labute approximate surface area is 216 Å². The number of methoxy groups -OCH3 is 1. The van der Waals surface area contributed by atoms with Crippen LogP contribution in [0.25, 0.3) is 22.3 Å². The average Bonchev–Trinajstić information content (AvgIpc) is 3.25. The van der Waals surface area contributed by atoms with E-state index in [0.29, 0.717) is 24.9 Å². The lowest BCUT2D eigenvalue weighted by Crippen LogP contribution is -2.52. The second-order valence-corrected chi connectivity index (χ2v) is 10.2. The van der Waals surface area contributed by atoms with Crippen molar-refractivity contribution in [2.45, 2.75) is 64.1 Å². The maximum absolute atomic E-state index is 6.27. The minimum Gasteiger partial charge on any atom is -0.491 e. The molecule has 2 fully saturated rings. The summed E-state index contributed by atoms with van der Waals surface area (Å²) in [6.45, 7) is 7.33. The van der Waals surface area contributed by atoms with E-state index in [4.69, 9.17) is 38.8 Å². The van der Waals surface area contributed by atoms with Crippen molar-refractivity contribution in [3.63, 3.8) is 0 Å². The highest BCUT2D eigenvalue weighted by Crippen LogP contribution is 2.36. The maximum Gasteiger partial charge on any atom is 0.319 e. The van der Waals surface area contributed by atoms with Crippen molar-refractivity contribution >= 4 is 16.7 Å². The Balaban J connectivity index is 1.48. The number of ether oxygens (including phenoxy) is 5. The summed E-state index contributed by atoms with van der Waals surface area (Å²) in [4.78, 5) is 11.7. The van der Waals surface area contributed by atoms with Crippen LogP contribution in [0.5, 0.6) is 11.8 Å². The van der Waals surface area contributed by atoms with Crippen LogP contribution in [-0.4, -0.2) is 78.1 Å². The van der Waals surface area contributed by atoms with Crippen LogP contribution >= 0.6 is 0 Å². The van der Waals surface area contributed by atoms with E-state index < -0.39 is 0 Å². The Morgan fingerprint density at radius 2 is 1.86 bits per heavy atom. The molecule has 0 aliphatic carbocycles. The molecule has 3 aliphatic heterocycles. The van der Waals surface area contributed by atoms with E-state index in [9.17, 15) is 0 Å². The monoisotopic (exact) mass is 509 g/mol. The van der Waals surface area contributed by atoms with Crippen molar-refractivity contribution in [1.29, 1.82) is 0 Å². The molecule has 198 valence electrons. The van der Waals surface area contributed by atoms with Gasteiger partial charge in [0, 0.05) is 44.7 Å². The van der Waals surface area contributed by atoms with Gasteiger partial charge in [-0.15, -0.1) is 0 Å². The highest BCUT2D eigenvalue weighted by molar-refractivity contribution is 5.94. The smallest absolute Gasteiger partial charge is 0.319 e. The number of nitrogens with zero attached hydrogens (tertiary/aromatic N) is 5. The first-order valence-electron chi connectivity index (χ1n) is 13.3. The van der Waals surface area contributed by atoms with Crippen molar-refractivity contribution in [3.05, 3.63) is 24.3 Å². The molecular weight excluding hydrogens is 474 g/mol. The lowest BCUT2D eigenvalue weighted by molar-refractivity contribution is -0.0365. The van der Waals surface area contributed by atoms with Gasteiger partial charge in [-0.3, -0.25) is 0 Å². The summed E-state index contributed by atoms with van der Waals surface area (Å²) in [5.41, 5.74) is 2.46. The van der Waals surface area contributed by atoms with Crippen molar-refractivity contribution in [1.82, 2.24) is 19.7 Å². The molecule has 0 amide bonds. The summed E-state index contributed by atoms with van der Waals surface area (Å²) in [5.74, 6) is 1.59. The van der Waals surface area contributed by atoms with Gasteiger partial charge in [-0.2, -0.15) is 15.1 Å². The van der Waals surface area contributed by atoms with E-state index in [0.717, 1.165) is 73.5 Å². The van der Waals surface area contributed by atoms with Gasteiger partial charge < -0.3 is 28.6 Å². The molecule has 10 heteroatoms. The van der Waals surface area contributed by atoms with Crippen LogP contribution in [0.1, 0.15) is 45.8 Å². The molecule has 6 rings (SSSR count). The molecule has 1 aromatic carbocycles. The van der Waals surface area contributed by atoms with E-state index in [1.165, 1.54) is 0 Å². The van der Waals surface area contributed by atoms with Crippen LogP contribution < -0.4 is 14.4 Å². The summed E-state index contributed by atoms with van der Waals surface area (Å²) < 4.78 is 31.9. The lowest BCUT2D eigenvalue weighted by Gasteiger charge is -2.39. The van der Waals surface area contributed by atoms with Crippen LogP contribution in [0.2, 0.25) is 0 Å². The van der Waals surface area contributed by atoms with Crippen LogP contribution in [0.15, 0.2) is 24.3 Å². The predicted octanol–water partition coefficient (Wildman–Crippen LogP) is 3.98. The zero-order valence-electron chi connectivity index (χ0n) is 21.8. The predicted molar refractivity (Wildman–Crippen MR) is 138 cm³/mol. The maximum atomic E-state index is 6.27. The number of fused-ring (bicyclic) bond motifs is 4. The van der Waals surface area contributed by atoms with E-state index in [1.54, 1.807) is 7.11 Å². The quantitative estimate of drug-likeness (QED) is 0.520. The normalized spacial score (nSPS) is 25.2. The Morgan fingerprint density at radius 1 is 0.973 bits per heavy atom. The fourth-order valence-electron chi connectivity index (χ4n) is 5.05.